The van der Waals surface area contributed by atoms with Gasteiger partial charge in [0.1, 0.15) is 24.1 Å². The third-order valence-corrected chi connectivity index (χ3v) is 7.28. The molecule has 4 N–H and O–H groups in total. The molecule has 0 aromatic rings. The minimum Gasteiger partial charge on any atom is -0.462 e. The van der Waals surface area contributed by atoms with Gasteiger partial charge in [-0.2, -0.15) is 0 Å². The van der Waals surface area contributed by atoms with Crippen molar-refractivity contribution in [3.63, 3.8) is 0 Å². The number of carbonyl (C=O) groups is 1. The Kier molecular flexibility index (Phi) is 8.72. The molecule has 3 aliphatic rings. The predicted molar refractivity (Wildman–Crippen MR) is 117 cm³/mol. The maximum absolute atomic E-state index is 14.4. The molecule has 1 aliphatic carbocycles. The third kappa shape index (κ3) is 5.90. The van der Waals surface area contributed by atoms with Gasteiger partial charge in [-0.15, -0.1) is 0 Å². The van der Waals surface area contributed by atoms with E-state index in [-0.39, 0.29) is 12.3 Å². The summed E-state index contributed by atoms with van der Waals surface area (Å²) in [5.41, 5.74) is 1.05. The number of cyclic esters (lactones) is 1. The van der Waals surface area contributed by atoms with Crippen LogP contribution in [0.25, 0.3) is 0 Å². The fourth-order valence-electron chi connectivity index (χ4n) is 5.06. The van der Waals surface area contributed by atoms with Gasteiger partial charge in [0.2, 0.25) is 0 Å². The molecule has 182 valence electrons. The molecule has 0 radical (unpaired) electrons. The zero-order chi connectivity index (χ0) is 23.4. The van der Waals surface area contributed by atoms with Crippen molar-refractivity contribution < 1.29 is 34.3 Å². The topological polar surface area (TPSA) is 110 Å². The lowest BCUT2D eigenvalue weighted by Gasteiger charge is -2.40. The Hall–Kier alpha value is -1.48. The van der Waals surface area contributed by atoms with Crippen LogP contribution >= 0.6 is 0 Å². The number of allylic oxidation sites excluding steroid dienone is 1. The Balaban J connectivity index is 1.84. The molecule has 1 saturated heterocycles. The molecule has 0 bridgehead atoms. The molecule has 3 rings (SSSR count). The molecule has 32 heavy (non-hydrogen) atoms. The van der Waals surface area contributed by atoms with Gasteiger partial charge in [0.15, 0.2) is 0 Å². The fraction of sp³-hybridized carbons (Fsp3) is 0.792. The fourth-order valence-corrected chi connectivity index (χ4v) is 5.06. The maximum Gasteiger partial charge on any atom is 0.312 e. The molecule has 8 unspecified atom stereocenters. The molecule has 0 aromatic heterocycles. The van der Waals surface area contributed by atoms with Gasteiger partial charge in [-0.05, 0) is 63.5 Å². The highest BCUT2D eigenvalue weighted by atomic mass is 19.1. The van der Waals surface area contributed by atoms with E-state index in [9.17, 15) is 29.6 Å². The average Bonchev–Trinajstić information content (AvgIpc) is 2.77. The van der Waals surface area contributed by atoms with E-state index >= 15 is 0 Å². The van der Waals surface area contributed by atoms with Crippen LogP contribution in [0.1, 0.15) is 58.8 Å². The number of rotatable bonds is 1. The molecule has 8 atom stereocenters. The Morgan fingerprint density at radius 1 is 1.00 bits per heavy atom. The first-order valence-electron chi connectivity index (χ1n) is 11.9. The zero-order valence-electron chi connectivity index (χ0n) is 19.1. The van der Waals surface area contributed by atoms with Crippen molar-refractivity contribution in [2.45, 2.75) is 89.3 Å². The van der Waals surface area contributed by atoms with E-state index < -0.39 is 54.2 Å². The van der Waals surface area contributed by atoms with Crippen LogP contribution in [-0.2, 0) is 9.53 Å². The van der Waals surface area contributed by atoms with Gasteiger partial charge < -0.3 is 30.1 Å². The first kappa shape index (κ1) is 25.1. The minimum absolute atomic E-state index is 0.147. The van der Waals surface area contributed by atoms with Gasteiger partial charge in [-0.25, -0.2) is 4.39 Å². The molecule has 0 aromatic carbocycles. The summed E-state index contributed by atoms with van der Waals surface area (Å²) < 4.78 is 20.0. The molecule has 0 spiro atoms. The largest absolute Gasteiger partial charge is 0.462 e. The maximum atomic E-state index is 14.4. The molecule has 1 fully saturated rings. The number of aliphatic hydroxyl groups excluding tert-OH is 4. The van der Waals surface area contributed by atoms with Crippen molar-refractivity contribution in [3.05, 3.63) is 23.7 Å². The van der Waals surface area contributed by atoms with E-state index in [0.717, 1.165) is 37.7 Å². The first-order chi connectivity index (χ1) is 15.2. The van der Waals surface area contributed by atoms with Crippen molar-refractivity contribution in [2.24, 2.45) is 17.8 Å². The first-order valence-corrected chi connectivity index (χ1v) is 11.9. The van der Waals surface area contributed by atoms with E-state index in [1.54, 1.807) is 19.9 Å². The second kappa shape index (κ2) is 11.1. The number of carbonyl (C=O) groups excluding carboxylic acids is 1. The number of aliphatic hydroxyl groups is 4. The quantitative estimate of drug-likeness (QED) is 0.448. The second-order valence-electron chi connectivity index (χ2n) is 9.67. The summed E-state index contributed by atoms with van der Waals surface area (Å²) in [4.78, 5) is 15.3. The molecule has 2 heterocycles. The van der Waals surface area contributed by atoms with E-state index in [2.05, 4.69) is 4.90 Å². The minimum atomic E-state index is -1.84. The van der Waals surface area contributed by atoms with Crippen LogP contribution in [-0.4, -0.2) is 74.9 Å². The normalized spacial score (nSPS) is 42.1. The van der Waals surface area contributed by atoms with Gasteiger partial charge in [0.05, 0.1) is 18.1 Å². The lowest BCUT2D eigenvalue weighted by molar-refractivity contribution is -0.161. The number of fused-ring (bicyclic) bond motifs is 1. The summed E-state index contributed by atoms with van der Waals surface area (Å²) in [6.45, 7) is 5.16. The number of likely N-dealkylation sites (tertiary alicyclic amines) is 1. The van der Waals surface area contributed by atoms with Crippen LogP contribution in [0.5, 0.6) is 0 Å². The van der Waals surface area contributed by atoms with Gasteiger partial charge in [0.25, 0.3) is 0 Å². The molecule has 8 heteroatoms. The SMILES string of the molecule is CC1/C=C(/F)C(O)C(O)C(O)CCCC2CC(N3CCCCC3)=CC(O)C2C(=O)OC1C. The van der Waals surface area contributed by atoms with Crippen LogP contribution in [0, 0.1) is 17.8 Å². The van der Waals surface area contributed by atoms with Crippen molar-refractivity contribution in [1.29, 1.82) is 0 Å². The van der Waals surface area contributed by atoms with Crippen LogP contribution < -0.4 is 0 Å². The molecule has 7 nitrogen and oxygen atoms in total. The molecular weight excluding hydrogens is 417 g/mol. The average molecular weight is 456 g/mol. The highest BCUT2D eigenvalue weighted by Gasteiger charge is 2.41. The standard InChI is InChI=1S/C24H38FNO6/c1-14-11-18(25)22(29)23(30)19(27)8-6-7-16-12-17(26-9-4-3-5-10-26)13-20(28)21(16)24(31)32-15(14)2/h11,13-16,19-23,27-30H,3-10,12H2,1-2H3/b18-11+. The van der Waals surface area contributed by atoms with Crippen molar-refractivity contribution in [3.8, 4) is 0 Å². The number of piperidine rings is 1. The lowest BCUT2D eigenvalue weighted by atomic mass is 9.76. The van der Waals surface area contributed by atoms with Crippen molar-refractivity contribution in [2.75, 3.05) is 13.1 Å². The van der Waals surface area contributed by atoms with Crippen LogP contribution in [0.15, 0.2) is 23.7 Å². The number of hydrogen-bond donors (Lipinski definition) is 4. The second-order valence-corrected chi connectivity index (χ2v) is 9.67. The Morgan fingerprint density at radius 2 is 1.69 bits per heavy atom. The van der Waals surface area contributed by atoms with Gasteiger partial charge in [-0.1, -0.05) is 13.3 Å². The smallest absolute Gasteiger partial charge is 0.312 e. The highest BCUT2D eigenvalue weighted by Crippen LogP contribution is 2.37. The van der Waals surface area contributed by atoms with Crippen molar-refractivity contribution in [1.82, 2.24) is 4.90 Å². The Morgan fingerprint density at radius 3 is 2.38 bits per heavy atom. The number of ether oxygens (including phenoxy) is 1. The summed E-state index contributed by atoms with van der Waals surface area (Å²) in [6, 6.07) is 0. The summed E-state index contributed by atoms with van der Waals surface area (Å²) in [5.74, 6) is -2.95. The Bertz CT molecular complexity index is 707. The molecule has 0 amide bonds. The summed E-state index contributed by atoms with van der Waals surface area (Å²) >= 11 is 0. The van der Waals surface area contributed by atoms with E-state index in [0.29, 0.717) is 19.3 Å². The summed E-state index contributed by atoms with van der Waals surface area (Å²) in [7, 11) is 0. The van der Waals surface area contributed by atoms with E-state index in [4.69, 9.17) is 4.74 Å². The van der Waals surface area contributed by atoms with Gasteiger partial charge in [-0.3, -0.25) is 4.79 Å². The predicted octanol–water partition coefficient (Wildman–Crippen LogP) is 2.04. The van der Waals surface area contributed by atoms with Crippen LogP contribution in [0.3, 0.4) is 0 Å². The highest BCUT2D eigenvalue weighted by molar-refractivity contribution is 5.74. The summed E-state index contributed by atoms with van der Waals surface area (Å²) in [5, 5.41) is 41.5. The monoisotopic (exact) mass is 455 g/mol. The van der Waals surface area contributed by atoms with Gasteiger partial charge in [0, 0.05) is 24.7 Å². The number of hydrogen-bond acceptors (Lipinski definition) is 7. The Labute approximate surface area is 189 Å². The molecule has 0 saturated carbocycles. The molecule has 2 aliphatic heterocycles. The summed E-state index contributed by atoms with van der Waals surface area (Å²) in [6.07, 6.45) is 1.62. The van der Waals surface area contributed by atoms with Crippen LogP contribution in [0.4, 0.5) is 4.39 Å². The van der Waals surface area contributed by atoms with E-state index in [1.165, 1.54) is 6.42 Å². The molecular formula is C24H38FNO6. The number of halogens is 1. The lowest BCUT2D eigenvalue weighted by Crippen LogP contribution is -2.43. The van der Waals surface area contributed by atoms with Crippen LogP contribution in [0.2, 0.25) is 0 Å². The zero-order valence-corrected chi connectivity index (χ0v) is 19.1. The number of esters is 1. The van der Waals surface area contributed by atoms with Crippen molar-refractivity contribution >= 4 is 5.97 Å². The number of nitrogens with zero attached hydrogens (tertiary/aromatic N) is 1. The van der Waals surface area contributed by atoms with E-state index in [1.807, 2.05) is 0 Å². The third-order valence-electron chi connectivity index (χ3n) is 7.28. The van der Waals surface area contributed by atoms with Gasteiger partial charge >= 0.3 is 5.97 Å².